The first-order chi connectivity index (χ1) is 16.8. The van der Waals surface area contributed by atoms with Crippen LogP contribution in [-0.4, -0.2) is 43.4 Å². The minimum Gasteiger partial charge on any atom is -0.492 e. The number of nitrogens with zero attached hydrogens (tertiary/aromatic N) is 1. The summed E-state index contributed by atoms with van der Waals surface area (Å²) in [5.41, 5.74) is 1.27. The molecule has 0 saturated carbocycles. The van der Waals surface area contributed by atoms with Crippen molar-refractivity contribution in [2.75, 3.05) is 24.4 Å². The van der Waals surface area contributed by atoms with E-state index in [2.05, 4.69) is 15.5 Å². The molecule has 4 aromatic rings. The first-order valence-corrected chi connectivity index (χ1v) is 12.3. The number of hydrogen-bond acceptors (Lipinski definition) is 6. The number of aliphatic hydroxyl groups is 1. The Labute approximate surface area is 201 Å². The van der Waals surface area contributed by atoms with Gasteiger partial charge in [0, 0.05) is 30.1 Å². The summed E-state index contributed by atoms with van der Waals surface area (Å²) in [5, 5.41) is 21.5. The first kappa shape index (κ1) is 24.6. The number of hydrogen-bond donors (Lipinski definition) is 4. The van der Waals surface area contributed by atoms with Crippen molar-refractivity contribution in [3.63, 3.8) is 0 Å². The van der Waals surface area contributed by atoms with Crippen LogP contribution in [0.3, 0.4) is 0 Å². The summed E-state index contributed by atoms with van der Waals surface area (Å²) in [6.07, 6.45) is -1.25. The van der Waals surface area contributed by atoms with Gasteiger partial charge in [-0.15, -0.1) is 0 Å². The van der Waals surface area contributed by atoms with Gasteiger partial charge in [0.2, 0.25) is 0 Å². The largest absolute Gasteiger partial charge is 0.492 e. The minimum atomic E-state index is -4.36. The van der Waals surface area contributed by atoms with E-state index >= 15 is 0 Å². The third-order valence-corrected chi connectivity index (χ3v) is 6.77. The summed E-state index contributed by atoms with van der Waals surface area (Å²) >= 11 is 0. The van der Waals surface area contributed by atoms with Gasteiger partial charge < -0.3 is 15.2 Å². The van der Waals surface area contributed by atoms with Gasteiger partial charge in [0.15, 0.2) is 5.82 Å². The number of aryl methyl sites for hydroxylation is 1. The summed E-state index contributed by atoms with van der Waals surface area (Å²) in [5.74, 6) is -1.24. The molecule has 3 aromatic carbocycles. The van der Waals surface area contributed by atoms with Gasteiger partial charge in [-0.1, -0.05) is 24.3 Å². The van der Waals surface area contributed by atoms with E-state index in [1.165, 1.54) is 30.3 Å². The van der Waals surface area contributed by atoms with Crippen molar-refractivity contribution in [3.05, 3.63) is 83.6 Å². The molecular formula is C24H24F2N4O4S. The number of H-pyrrole nitrogens is 1. The fraction of sp³-hybridized carbons (Fsp3) is 0.208. The van der Waals surface area contributed by atoms with Gasteiger partial charge in [-0.2, -0.15) is 5.10 Å². The van der Waals surface area contributed by atoms with Gasteiger partial charge >= 0.3 is 0 Å². The Kier molecular flexibility index (Phi) is 7.29. The highest BCUT2D eigenvalue weighted by Crippen LogP contribution is 2.26. The summed E-state index contributed by atoms with van der Waals surface area (Å²) in [6, 6.07) is 14.3. The summed E-state index contributed by atoms with van der Waals surface area (Å²) in [6.45, 7) is 2.59. The summed E-state index contributed by atoms with van der Waals surface area (Å²) < 4.78 is 61.5. The molecule has 4 N–H and O–H groups in total. The van der Waals surface area contributed by atoms with Crippen LogP contribution >= 0.6 is 0 Å². The van der Waals surface area contributed by atoms with Gasteiger partial charge in [0.05, 0.1) is 23.0 Å². The third kappa shape index (κ3) is 5.59. The van der Waals surface area contributed by atoms with Crippen LogP contribution in [0.2, 0.25) is 0 Å². The fourth-order valence-corrected chi connectivity index (χ4v) is 4.70. The van der Waals surface area contributed by atoms with E-state index in [4.69, 9.17) is 4.74 Å². The van der Waals surface area contributed by atoms with Crippen molar-refractivity contribution >= 4 is 26.6 Å². The average molecular weight is 503 g/mol. The zero-order chi connectivity index (χ0) is 25.0. The van der Waals surface area contributed by atoms with Gasteiger partial charge in [0.25, 0.3) is 10.0 Å². The second kappa shape index (κ2) is 10.4. The molecule has 0 aliphatic carbocycles. The average Bonchev–Trinajstić information content (AvgIpc) is 3.20. The van der Waals surface area contributed by atoms with Crippen LogP contribution < -0.4 is 14.8 Å². The predicted molar refractivity (Wildman–Crippen MR) is 128 cm³/mol. The number of benzene rings is 3. The molecule has 0 saturated heterocycles. The van der Waals surface area contributed by atoms with E-state index in [0.717, 1.165) is 28.7 Å². The molecule has 1 aromatic heterocycles. The van der Waals surface area contributed by atoms with Crippen molar-refractivity contribution in [2.45, 2.75) is 17.9 Å². The minimum absolute atomic E-state index is 0.00255. The number of rotatable bonds is 10. The Morgan fingerprint density at radius 2 is 1.91 bits per heavy atom. The molecule has 0 fully saturated rings. The molecule has 11 heteroatoms. The van der Waals surface area contributed by atoms with Crippen molar-refractivity contribution in [1.29, 1.82) is 0 Å². The molecule has 0 radical (unpaired) electrons. The van der Waals surface area contributed by atoms with Crippen LogP contribution in [0.25, 0.3) is 10.9 Å². The maximum Gasteiger partial charge on any atom is 0.264 e. The highest BCUT2D eigenvalue weighted by atomic mass is 32.2. The molecular weight excluding hydrogens is 478 g/mol. The summed E-state index contributed by atoms with van der Waals surface area (Å²) in [7, 11) is -4.36. The van der Waals surface area contributed by atoms with Crippen LogP contribution in [-0.2, 0) is 10.0 Å². The van der Waals surface area contributed by atoms with E-state index < -0.39 is 38.3 Å². The molecule has 1 heterocycles. The smallest absolute Gasteiger partial charge is 0.264 e. The lowest BCUT2D eigenvalue weighted by Crippen LogP contribution is -2.26. The van der Waals surface area contributed by atoms with E-state index in [-0.39, 0.29) is 12.1 Å². The Morgan fingerprint density at radius 1 is 1.11 bits per heavy atom. The van der Waals surface area contributed by atoms with Crippen LogP contribution in [0, 0.1) is 18.6 Å². The van der Waals surface area contributed by atoms with Crippen molar-refractivity contribution in [3.8, 4) is 5.75 Å². The Hall–Kier alpha value is -3.54. The molecule has 1 atom stereocenters. The van der Waals surface area contributed by atoms with E-state index in [1.807, 2.05) is 29.8 Å². The lowest BCUT2D eigenvalue weighted by Gasteiger charge is -2.16. The van der Waals surface area contributed by atoms with Crippen LogP contribution in [0.4, 0.5) is 14.5 Å². The zero-order valence-electron chi connectivity index (χ0n) is 18.8. The standard InChI is InChI=1S/C24H24F2N4O4S/c1-15-17-10-9-16(13-21(17)29-28-15)34-12-11-27-14-22(31)18-5-4-7-20(24(18)26)30-35(32,33)23-8-3-2-6-19(23)25/h2-10,13,22,27,30-31H,11-12,14H2,1H3,(H,28,29)/t22-/m0/s1. The number of aromatic amines is 1. The topological polar surface area (TPSA) is 116 Å². The third-order valence-electron chi connectivity index (χ3n) is 5.37. The Balaban J connectivity index is 1.32. The van der Waals surface area contributed by atoms with Gasteiger partial charge in [-0.05, 0) is 37.3 Å². The van der Waals surface area contributed by atoms with Crippen molar-refractivity contribution in [1.82, 2.24) is 15.5 Å². The lowest BCUT2D eigenvalue weighted by molar-refractivity contribution is 0.167. The number of ether oxygens (including phenoxy) is 1. The predicted octanol–water partition coefficient (Wildman–Crippen LogP) is 3.65. The fourth-order valence-electron chi connectivity index (χ4n) is 3.56. The second-order valence-corrected chi connectivity index (χ2v) is 9.48. The van der Waals surface area contributed by atoms with Crippen molar-refractivity contribution < 1.29 is 27.0 Å². The molecule has 0 bridgehead atoms. The molecule has 8 nitrogen and oxygen atoms in total. The number of aliphatic hydroxyl groups excluding tert-OH is 1. The molecule has 0 aliphatic rings. The molecule has 0 amide bonds. The van der Waals surface area contributed by atoms with Gasteiger partial charge in [-0.3, -0.25) is 9.82 Å². The van der Waals surface area contributed by atoms with Crippen LogP contribution in [0.1, 0.15) is 17.4 Å². The van der Waals surface area contributed by atoms with E-state index in [1.54, 1.807) is 0 Å². The zero-order valence-corrected chi connectivity index (χ0v) is 19.6. The number of aromatic nitrogens is 2. The molecule has 4 rings (SSSR count). The molecule has 0 unspecified atom stereocenters. The Morgan fingerprint density at radius 3 is 2.71 bits per heavy atom. The van der Waals surface area contributed by atoms with Gasteiger partial charge in [0.1, 0.15) is 23.1 Å². The van der Waals surface area contributed by atoms with Crippen LogP contribution in [0.5, 0.6) is 5.75 Å². The Bertz CT molecular complexity index is 1440. The quantitative estimate of drug-likeness (QED) is 0.246. The first-order valence-electron chi connectivity index (χ1n) is 10.8. The maximum atomic E-state index is 15.0. The number of nitrogens with one attached hydrogen (secondary N) is 3. The number of fused-ring (bicyclic) bond motifs is 1. The SMILES string of the molecule is Cc1n[nH]c2cc(OCCNC[C@H](O)c3cccc(NS(=O)(=O)c4ccccc4F)c3F)ccc12. The number of halogens is 2. The molecule has 0 aliphatic heterocycles. The van der Waals surface area contributed by atoms with Crippen LogP contribution in [0.15, 0.2) is 65.6 Å². The number of sulfonamides is 1. The van der Waals surface area contributed by atoms with Crippen molar-refractivity contribution in [2.24, 2.45) is 0 Å². The monoisotopic (exact) mass is 502 g/mol. The summed E-state index contributed by atoms with van der Waals surface area (Å²) in [4.78, 5) is -0.603. The van der Waals surface area contributed by atoms with Gasteiger partial charge in [-0.25, -0.2) is 17.2 Å². The molecule has 0 spiro atoms. The van der Waals surface area contributed by atoms with E-state index in [0.29, 0.717) is 18.9 Å². The molecule has 184 valence electrons. The second-order valence-electron chi connectivity index (χ2n) is 7.83. The highest BCUT2D eigenvalue weighted by Gasteiger charge is 2.22. The highest BCUT2D eigenvalue weighted by molar-refractivity contribution is 7.92. The molecule has 35 heavy (non-hydrogen) atoms. The normalized spacial score (nSPS) is 12.6. The number of anilines is 1. The lowest BCUT2D eigenvalue weighted by atomic mass is 10.1. The van der Waals surface area contributed by atoms with E-state index in [9.17, 15) is 22.3 Å². The maximum absolute atomic E-state index is 15.0.